The number of hydrogen-bond acceptors (Lipinski definition) is 4. The highest BCUT2D eigenvalue weighted by molar-refractivity contribution is 5.93. The van der Waals surface area contributed by atoms with Crippen molar-refractivity contribution < 1.29 is 14.6 Å². The molecule has 4 heteroatoms. The molecule has 0 radical (unpaired) electrons. The number of rotatable bonds is 6. The molecule has 26 heavy (non-hydrogen) atoms. The molecule has 3 rings (SSSR count). The Morgan fingerprint density at radius 1 is 1.04 bits per heavy atom. The molecule has 0 bridgehead atoms. The Morgan fingerprint density at radius 3 is 2.46 bits per heavy atom. The molecule has 0 aliphatic rings. The third kappa shape index (κ3) is 3.70. The zero-order valence-electron chi connectivity index (χ0n) is 15.1. The van der Waals surface area contributed by atoms with Crippen molar-refractivity contribution in [2.45, 2.75) is 19.5 Å². The first-order valence-corrected chi connectivity index (χ1v) is 8.73. The molecule has 4 nitrogen and oxygen atoms in total. The minimum atomic E-state index is -0.693. The molecule has 0 saturated heterocycles. The lowest BCUT2D eigenvalue weighted by atomic mass is 9.96. The van der Waals surface area contributed by atoms with Crippen molar-refractivity contribution in [2.75, 3.05) is 13.7 Å². The summed E-state index contributed by atoms with van der Waals surface area (Å²) in [5.41, 5.74) is 1.67. The molecule has 0 aromatic heterocycles. The normalized spacial score (nSPS) is 12.3. The van der Waals surface area contributed by atoms with Crippen LogP contribution in [0.3, 0.4) is 0 Å². The number of benzene rings is 3. The second kappa shape index (κ2) is 8.02. The van der Waals surface area contributed by atoms with Gasteiger partial charge in [0.1, 0.15) is 11.8 Å². The maximum absolute atomic E-state index is 12.8. The average molecular weight is 349 g/mol. The second-order valence-electron chi connectivity index (χ2n) is 6.27. The van der Waals surface area contributed by atoms with Crippen molar-refractivity contribution in [3.05, 3.63) is 77.9 Å². The molecule has 3 aromatic carbocycles. The van der Waals surface area contributed by atoms with E-state index in [9.17, 15) is 9.90 Å². The summed E-state index contributed by atoms with van der Waals surface area (Å²) in [6, 6.07) is 20.5. The van der Waals surface area contributed by atoms with E-state index in [1.165, 1.54) is 0 Å². The Balaban J connectivity index is 2.07. The fourth-order valence-electron chi connectivity index (χ4n) is 3.27. The van der Waals surface area contributed by atoms with Crippen LogP contribution in [0.4, 0.5) is 0 Å². The van der Waals surface area contributed by atoms with Crippen molar-refractivity contribution in [1.82, 2.24) is 4.90 Å². The largest absolute Gasteiger partial charge is 0.508 e. The van der Waals surface area contributed by atoms with Gasteiger partial charge in [-0.2, -0.15) is 0 Å². The van der Waals surface area contributed by atoms with Crippen molar-refractivity contribution in [3.8, 4) is 5.75 Å². The number of nitrogens with zero attached hydrogens (tertiary/aromatic N) is 1. The van der Waals surface area contributed by atoms with E-state index < -0.39 is 6.04 Å². The summed E-state index contributed by atoms with van der Waals surface area (Å²) >= 11 is 0. The summed E-state index contributed by atoms with van der Waals surface area (Å²) in [6.45, 7) is 2.64. The lowest BCUT2D eigenvalue weighted by molar-refractivity contribution is -0.149. The van der Waals surface area contributed by atoms with Crippen LogP contribution in [0.5, 0.6) is 5.75 Å². The predicted octanol–water partition coefficient (Wildman–Crippen LogP) is 4.28. The van der Waals surface area contributed by atoms with Gasteiger partial charge in [0.15, 0.2) is 0 Å². The molecule has 0 amide bonds. The van der Waals surface area contributed by atoms with Crippen LogP contribution >= 0.6 is 0 Å². The first kappa shape index (κ1) is 18.0. The molecular formula is C22H23NO3. The SMILES string of the molecule is CCOC(=O)C(c1c(O)ccc2ccccc12)N(C)Cc1ccccc1. The monoisotopic (exact) mass is 349 g/mol. The average Bonchev–Trinajstić information content (AvgIpc) is 2.65. The highest BCUT2D eigenvalue weighted by atomic mass is 16.5. The third-order valence-electron chi connectivity index (χ3n) is 4.45. The molecule has 0 spiro atoms. The number of ether oxygens (including phenoxy) is 1. The Morgan fingerprint density at radius 2 is 1.73 bits per heavy atom. The number of esters is 1. The zero-order valence-corrected chi connectivity index (χ0v) is 15.1. The number of carbonyl (C=O) groups is 1. The summed E-state index contributed by atoms with van der Waals surface area (Å²) in [6.07, 6.45) is 0. The molecule has 0 aliphatic heterocycles. The van der Waals surface area contributed by atoms with Crippen LogP contribution < -0.4 is 0 Å². The van der Waals surface area contributed by atoms with E-state index in [-0.39, 0.29) is 11.7 Å². The van der Waals surface area contributed by atoms with Crippen LogP contribution in [-0.2, 0) is 16.1 Å². The standard InChI is InChI=1S/C22H23NO3/c1-3-26-22(25)21(23(2)15-16-9-5-4-6-10-16)20-18-12-8-7-11-17(18)13-14-19(20)24/h4-14,21,24H,3,15H2,1-2H3. The van der Waals surface area contributed by atoms with E-state index in [0.717, 1.165) is 16.3 Å². The highest BCUT2D eigenvalue weighted by Gasteiger charge is 2.30. The topological polar surface area (TPSA) is 49.8 Å². The van der Waals surface area contributed by atoms with E-state index in [1.54, 1.807) is 13.0 Å². The maximum atomic E-state index is 12.8. The minimum absolute atomic E-state index is 0.0988. The van der Waals surface area contributed by atoms with Gasteiger partial charge in [-0.1, -0.05) is 60.7 Å². The Hall–Kier alpha value is -2.85. The summed E-state index contributed by atoms with van der Waals surface area (Å²) in [5.74, 6) is -0.265. The van der Waals surface area contributed by atoms with E-state index in [1.807, 2.05) is 72.6 Å². The van der Waals surface area contributed by atoms with Gasteiger partial charge in [-0.15, -0.1) is 0 Å². The smallest absolute Gasteiger partial charge is 0.328 e. The van der Waals surface area contributed by atoms with Crippen molar-refractivity contribution >= 4 is 16.7 Å². The van der Waals surface area contributed by atoms with E-state index in [0.29, 0.717) is 18.7 Å². The molecular weight excluding hydrogens is 326 g/mol. The second-order valence-corrected chi connectivity index (χ2v) is 6.27. The first-order valence-electron chi connectivity index (χ1n) is 8.73. The van der Waals surface area contributed by atoms with Crippen LogP contribution in [0.2, 0.25) is 0 Å². The van der Waals surface area contributed by atoms with Gasteiger partial charge in [0.25, 0.3) is 0 Å². The molecule has 0 aliphatic carbocycles. The number of fused-ring (bicyclic) bond motifs is 1. The number of aromatic hydroxyl groups is 1. The minimum Gasteiger partial charge on any atom is -0.508 e. The number of phenols is 1. The first-order chi connectivity index (χ1) is 12.6. The maximum Gasteiger partial charge on any atom is 0.328 e. The summed E-state index contributed by atoms with van der Waals surface area (Å²) < 4.78 is 5.33. The Labute approximate surface area is 153 Å². The molecule has 0 saturated carbocycles. The summed E-state index contributed by atoms with van der Waals surface area (Å²) in [4.78, 5) is 14.7. The zero-order chi connectivity index (χ0) is 18.5. The van der Waals surface area contributed by atoms with Crippen LogP contribution in [0.1, 0.15) is 24.1 Å². The van der Waals surface area contributed by atoms with Crippen molar-refractivity contribution in [2.24, 2.45) is 0 Å². The van der Waals surface area contributed by atoms with Crippen LogP contribution in [0, 0.1) is 0 Å². The quantitative estimate of drug-likeness (QED) is 0.675. The van der Waals surface area contributed by atoms with E-state index >= 15 is 0 Å². The van der Waals surface area contributed by atoms with Crippen LogP contribution in [0.15, 0.2) is 66.7 Å². The third-order valence-corrected chi connectivity index (χ3v) is 4.45. The molecule has 1 unspecified atom stereocenters. The Bertz CT molecular complexity index is 892. The molecule has 1 atom stereocenters. The van der Waals surface area contributed by atoms with Crippen molar-refractivity contribution in [1.29, 1.82) is 0 Å². The van der Waals surface area contributed by atoms with E-state index in [4.69, 9.17) is 4.74 Å². The van der Waals surface area contributed by atoms with Gasteiger partial charge >= 0.3 is 5.97 Å². The lowest BCUT2D eigenvalue weighted by Gasteiger charge is -2.28. The van der Waals surface area contributed by atoms with Gasteiger partial charge in [-0.25, -0.2) is 4.79 Å². The van der Waals surface area contributed by atoms with Gasteiger partial charge in [0.05, 0.1) is 6.61 Å². The number of hydrogen-bond donors (Lipinski definition) is 1. The molecule has 0 heterocycles. The van der Waals surface area contributed by atoms with Gasteiger partial charge < -0.3 is 9.84 Å². The predicted molar refractivity (Wildman–Crippen MR) is 103 cm³/mol. The number of carbonyl (C=O) groups excluding carboxylic acids is 1. The van der Waals surface area contributed by atoms with Gasteiger partial charge in [-0.3, -0.25) is 4.90 Å². The van der Waals surface area contributed by atoms with Crippen molar-refractivity contribution in [3.63, 3.8) is 0 Å². The van der Waals surface area contributed by atoms with Crippen LogP contribution in [-0.4, -0.2) is 29.6 Å². The van der Waals surface area contributed by atoms with E-state index in [2.05, 4.69) is 0 Å². The fraction of sp³-hybridized carbons (Fsp3) is 0.227. The number of phenolic OH excluding ortho intramolecular Hbond substituents is 1. The summed E-state index contributed by atoms with van der Waals surface area (Å²) in [5, 5.41) is 12.4. The molecule has 0 fully saturated rings. The van der Waals surface area contributed by atoms with Gasteiger partial charge in [-0.05, 0) is 36.4 Å². The Kier molecular flexibility index (Phi) is 5.54. The van der Waals surface area contributed by atoms with Crippen LogP contribution in [0.25, 0.3) is 10.8 Å². The lowest BCUT2D eigenvalue weighted by Crippen LogP contribution is -2.32. The number of likely N-dealkylation sites (N-methyl/N-ethyl adjacent to an activating group) is 1. The molecule has 3 aromatic rings. The summed E-state index contributed by atoms with van der Waals surface area (Å²) in [7, 11) is 1.87. The molecule has 134 valence electrons. The molecule has 1 N–H and O–H groups in total. The highest BCUT2D eigenvalue weighted by Crippen LogP contribution is 2.36. The fourth-order valence-corrected chi connectivity index (χ4v) is 3.27. The van der Waals surface area contributed by atoms with Gasteiger partial charge in [0, 0.05) is 12.1 Å². The van der Waals surface area contributed by atoms with Gasteiger partial charge in [0.2, 0.25) is 0 Å².